The summed E-state index contributed by atoms with van der Waals surface area (Å²) >= 11 is 0. The molecule has 0 spiro atoms. The van der Waals surface area contributed by atoms with Crippen LogP contribution in [0.5, 0.6) is 0 Å². The van der Waals surface area contributed by atoms with Gasteiger partial charge in [0.15, 0.2) is 0 Å². The summed E-state index contributed by atoms with van der Waals surface area (Å²) in [6.45, 7) is 0. The summed E-state index contributed by atoms with van der Waals surface area (Å²) in [5.74, 6) is -0.326. The van der Waals surface area contributed by atoms with Crippen LogP contribution in [0.25, 0.3) is 0 Å². The minimum atomic E-state index is -3.83. The Morgan fingerprint density at radius 2 is 1.95 bits per heavy atom. The number of carbonyl (C=O) groups excluding carboxylic acids is 1. The Hall–Kier alpha value is -1.64. The normalized spacial score (nSPS) is 22.5. The predicted octanol–water partition coefficient (Wildman–Crippen LogP) is 0.368. The van der Waals surface area contributed by atoms with E-state index in [1.165, 1.54) is 6.07 Å². The summed E-state index contributed by atoms with van der Waals surface area (Å²) in [6, 6.07) is 6.23. The van der Waals surface area contributed by atoms with Crippen molar-refractivity contribution in [2.75, 3.05) is 10.0 Å². The quantitative estimate of drug-likeness (QED) is 0.640. The van der Waals surface area contributed by atoms with Gasteiger partial charge in [0.25, 0.3) is 10.2 Å². The Balaban J connectivity index is 2.06. The average molecular weight is 298 g/mol. The van der Waals surface area contributed by atoms with Crippen LogP contribution in [0.2, 0.25) is 0 Å². The Bertz CT molecular complexity index is 602. The van der Waals surface area contributed by atoms with Gasteiger partial charge in [0.1, 0.15) is 0 Å². The van der Waals surface area contributed by atoms with Gasteiger partial charge in [0, 0.05) is 11.7 Å². The van der Waals surface area contributed by atoms with E-state index in [0.29, 0.717) is 11.4 Å². The van der Waals surface area contributed by atoms with E-state index in [9.17, 15) is 13.2 Å². The summed E-state index contributed by atoms with van der Waals surface area (Å²) in [5, 5.41) is 7.64. The van der Waals surface area contributed by atoms with E-state index in [-0.39, 0.29) is 17.9 Å². The Morgan fingerprint density at radius 1 is 1.25 bits per heavy atom. The van der Waals surface area contributed by atoms with Crippen LogP contribution in [0.3, 0.4) is 0 Å². The lowest BCUT2D eigenvalue weighted by molar-refractivity contribution is -0.120. The highest BCUT2D eigenvalue weighted by atomic mass is 32.2. The molecule has 1 aliphatic rings. The van der Waals surface area contributed by atoms with Gasteiger partial charge >= 0.3 is 0 Å². The molecule has 2 unspecified atom stereocenters. The first-order valence-electron chi connectivity index (χ1n) is 6.32. The van der Waals surface area contributed by atoms with Crippen LogP contribution in [0.1, 0.15) is 19.3 Å². The summed E-state index contributed by atoms with van der Waals surface area (Å²) in [5.41, 5.74) is 6.67. The number of rotatable bonds is 4. The smallest absolute Gasteiger partial charge is 0.296 e. The first-order valence-corrected chi connectivity index (χ1v) is 7.87. The minimum absolute atomic E-state index is 0.110. The Morgan fingerprint density at radius 3 is 2.55 bits per heavy atom. The lowest BCUT2D eigenvalue weighted by Gasteiger charge is -2.15. The van der Waals surface area contributed by atoms with Crippen LogP contribution in [0.4, 0.5) is 11.4 Å². The highest BCUT2D eigenvalue weighted by molar-refractivity contribution is 7.90. The maximum absolute atomic E-state index is 12.1. The molecule has 7 nitrogen and oxygen atoms in total. The number of benzene rings is 1. The van der Waals surface area contributed by atoms with E-state index >= 15 is 0 Å². The van der Waals surface area contributed by atoms with Gasteiger partial charge < -0.3 is 11.1 Å². The molecule has 1 fully saturated rings. The maximum Gasteiger partial charge on any atom is 0.296 e. The molecule has 0 aromatic heterocycles. The Labute approximate surface area is 117 Å². The maximum atomic E-state index is 12.1. The zero-order chi connectivity index (χ0) is 14.8. The molecule has 1 amide bonds. The third kappa shape index (κ3) is 3.92. The van der Waals surface area contributed by atoms with Crippen LogP contribution in [0.15, 0.2) is 24.3 Å². The van der Waals surface area contributed by atoms with Crippen molar-refractivity contribution in [3.63, 3.8) is 0 Å². The fourth-order valence-electron chi connectivity index (χ4n) is 2.37. The van der Waals surface area contributed by atoms with Crippen LogP contribution < -0.4 is 20.9 Å². The molecule has 0 aliphatic heterocycles. The predicted molar refractivity (Wildman–Crippen MR) is 77.1 cm³/mol. The van der Waals surface area contributed by atoms with E-state index in [1.54, 1.807) is 18.2 Å². The topological polar surface area (TPSA) is 127 Å². The van der Waals surface area contributed by atoms with E-state index in [0.717, 1.165) is 19.3 Å². The largest absolute Gasteiger partial charge is 0.327 e. The van der Waals surface area contributed by atoms with Gasteiger partial charge in [-0.15, -0.1) is 0 Å². The number of anilines is 2. The SMILES string of the molecule is NC1CCCC1C(=O)Nc1cccc(NS(N)(=O)=O)c1. The minimum Gasteiger partial charge on any atom is -0.327 e. The second-order valence-electron chi connectivity index (χ2n) is 4.92. The summed E-state index contributed by atoms with van der Waals surface area (Å²) in [7, 11) is -3.83. The van der Waals surface area contributed by atoms with E-state index < -0.39 is 10.2 Å². The van der Waals surface area contributed by atoms with Gasteiger partial charge in [-0.05, 0) is 31.0 Å². The number of hydrogen-bond acceptors (Lipinski definition) is 4. The number of nitrogens with one attached hydrogen (secondary N) is 2. The molecule has 0 saturated heterocycles. The lowest BCUT2D eigenvalue weighted by atomic mass is 10.0. The zero-order valence-corrected chi connectivity index (χ0v) is 11.7. The standard InChI is InChI=1S/C12H18N4O3S/c13-11-6-2-5-10(11)12(17)15-8-3-1-4-9(7-8)16-20(14,18)19/h1,3-4,7,10-11,16H,2,5-6,13H2,(H,15,17)(H2,14,18,19). The second kappa shape index (κ2) is 5.78. The molecular formula is C12H18N4O3S. The molecule has 2 rings (SSSR count). The summed E-state index contributed by atoms with van der Waals surface area (Å²) in [4.78, 5) is 12.1. The van der Waals surface area contributed by atoms with Crippen LogP contribution in [-0.2, 0) is 15.0 Å². The molecule has 6 N–H and O–H groups in total. The lowest BCUT2D eigenvalue weighted by Crippen LogP contribution is -2.34. The highest BCUT2D eigenvalue weighted by Crippen LogP contribution is 2.25. The van der Waals surface area contributed by atoms with E-state index in [4.69, 9.17) is 10.9 Å². The summed E-state index contributed by atoms with van der Waals surface area (Å²) < 4.78 is 24.0. The molecule has 1 aliphatic carbocycles. The second-order valence-corrected chi connectivity index (χ2v) is 6.21. The molecule has 0 radical (unpaired) electrons. The molecule has 0 bridgehead atoms. The molecular weight excluding hydrogens is 280 g/mol. The first kappa shape index (κ1) is 14.8. The molecule has 8 heteroatoms. The third-order valence-corrected chi connectivity index (χ3v) is 3.82. The first-order chi connectivity index (χ1) is 9.35. The van der Waals surface area contributed by atoms with Crippen molar-refractivity contribution in [2.45, 2.75) is 25.3 Å². The zero-order valence-electron chi connectivity index (χ0n) is 10.9. The van der Waals surface area contributed by atoms with Crippen molar-refractivity contribution in [3.8, 4) is 0 Å². The van der Waals surface area contributed by atoms with E-state index in [1.807, 2.05) is 0 Å². The molecule has 1 aromatic carbocycles. The van der Waals surface area contributed by atoms with Gasteiger partial charge in [-0.1, -0.05) is 12.5 Å². The van der Waals surface area contributed by atoms with Gasteiger partial charge in [-0.2, -0.15) is 8.42 Å². The Kier molecular flexibility index (Phi) is 4.26. The van der Waals surface area contributed by atoms with Gasteiger partial charge in [0.2, 0.25) is 5.91 Å². The van der Waals surface area contributed by atoms with Crippen molar-refractivity contribution in [1.82, 2.24) is 0 Å². The average Bonchev–Trinajstić information content (AvgIpc) is 2.73. The van der Waals surface area contributed by atoms with Crippen LogP contribution in [-0.4, -0.2) is 20.4 Å². The molecule has 1 aromatic rings. The monoisotopic (exact) mass is 298 g/mol. The number of nitrogens with two attached hydrogens (primary N) is 2. The molecule has 2 atom stereocenters. The van der Waals surface area contributed by atoms with Gasteiger partial charge in [0.05, 0.1) is 11.6 Å². The van der Waals surface area contributed by atoms with Crippen molar-refractivity contribution < 1.29 is 13.2 Å². The van der Waals surface area contributed by atoms with Crippen molar-refractivity contribution in [2.24, 2.45) is 16.8 Å². The fraction of sp³-hybridized carbons (Fsp3) is 0.417. The highest BCUT2D eigenvalue weighted by Gasteiger charge is 2.30. The van der Waals surface area contributed by atoms with Gasteiger partial charge in [-0.3, -0.25) is 9.52 Å². The van der Waals surface area contributed by atoms with E-state index in [2.05, 4.69) is 10.0 Å². The molecule has 110 valence electrons. The fourth-order valence-corrected chi connectivity index (χ4v) is 2.83. The number of amides is 1. The molecule has 20 heavy (non-hydrogen) atoms. The summed E-state index contributed by atoms with van der Waals surface area (Å²) in [6.07, 6.45) is 2.58. The third-order valence-electron chi connectivity index (χ3n) is 3.30. The van der Waals surface area contributed by atoms with Crippen molar-refractivity contribution in [1.29, 1.82) is 0 Å². The molecule has 0 heterocycles. The van der Waals surface area contributed by atoms with Gasteiger partial charge in [-0.25, -0.2) is 5.14 Å². The van der Waals surface area contributed by atoms with Crippen LogP contribution in [0, 0.1) is 5.92 Å². The van der Waals surface area contributed by atoms with Crippen LogP contribution >= 0.6 is 0 Å². The molecule has 1 saturated carbocycles. The number of carbonyl (C=O) groups is 1. The number of hydrogen-bond donors (Lipinski definition) is 4. The van der Waals surface area contributed by atoms with Crippen molar-refractivity contribution in [3.05, 3.63) is 24.3 Å². The van der Waals surface area contributed by atoms with Crippen molar-refractivity contribution >= 4 is 27.5 Å².